The molecule has 0 heterocycles. The Morgan fingerprint density at radius 3 is 2.61 bits per heavy atom. The monoisotopic (exact) mass is 267 g/mol. The lowest BCUT2D eigenvalue weighted by atomic mass is 10.0. The Kier molecular flexibility index (Phi) is 4.97. The fraction of sp³-hybridized carbons (Fsp3) is 0.333. The van der Waals surface area contributed by atoms with Crippen molar-refractivity contribution in [1.82, 2.24) is 5.32 Å². The van der Waals surface area contributed by atoms with Crippen LogP contribution in [0.15, 0.2) is 18.2 Å². The molecule has 5 nitrogen and oxygen atoms in total. The van der Waals surface area contributed by atoms with Gasteiger partial charge in [0, 0.05) is 10.7 Å². The van der Waals surface area contributed by atoms with Crippen molar-refractivity contribution in [1.29, 1.82) is 10.8 Å². The third-order valence-corrected chi connectivity index (χ3v) is 2.45. The topological polar surface area (TPSA) is 97.8 Å². The summed E-state index contributed by atoms with van der Waals surface area (Å²) in [5.41, 5.74) is 6.99. The summed E-state index contributed by atoms with van der Waals surface area (Å²) in [6, 6.07) is 5.45. The van der Waals surface area contributed by atoms with Gasteiger partial charge in [0.15, 0.2) is 11.9 Å². The first-order valence-electron chi connectivity index (χ1n) is 5.63. The lowest BCUT2D eigenvalue weighted by Crippen LogP contribution is -2.39. The average Bonchev–Trinajstić information content (AvgIpc) is 2.20. The molecule has 0 aromatic heterocycles. The van der Waals surface area contributed by atoms with Crippen molar-refractivity contribution in [3.63, 3.8) is 0 Å². The van der Waals surface area contributed by atoms with Crippen LogP contribution in [0.1, 0.15) is 19.4 Å². The van der Waals surface area contributed by atoms with Gasteiger partial charge in [0.1, 0.15) is 0 Å². The van der Waals surface area contributed by atoms with E-state index in [4.69, 9.17) is 28.2 Å². The highest BCUT2D eigenvalue weighted by Crippen LogP contribution is 2.23. The van der Waals surface area contributed by atoms with Crippen LogP contribution in [0.4, 0.5) is 5.69 Å². The summed E-state index contributed by atoms with van der Waals surface area (Å²) in [5.74, 6) is 0.181. The van der Waals surface area contributed by atoms with Gasteiger partial charge in [0.2, 0.25) is 0 Å². The predicted octanol–water partition coefficient (Wildman–Crippen LogP) is 2.37. The highest BCUT2D eigenvalue weighted by Gasteiger charge is 2.07. The molecule has 18 heavy (non-hydrogen) atoms. The van der Waals surface area contributed by atoms with E-state index < -0.39 is 0 Å². The van der Waals surface area contributed by atoms with Gasteiger partial charge in [0.25, 0.3) is 0 Å². The Morgan fingerprint density at radius 1 is 1.39 bits per heavy atom. The molecule has 0 fully saturated rings. The van der Waals surface area contributed by atoms with E-state index >= 15 is 0 Å². The number of nitrogens with two attached hydrogens (primary N) is 1. The Labute approximate surface area is 112 Å². The van der Waals surface area contributed by atoms with Crippen LogP contribution >= 0.6 is 11.6 Å². The lowest BCUT2D eigenvalue weighted by Gasteiger charge is -2.15. The number of anilines is 1. The molecule has 0 aliphatic carbocycles. The average molecular weight is 268 g/mol. The van der Waals surface area contributed by atoms with Crippen LogP contribution in [0.2, 0.25) is 5.02 Å². The van der Waals surface area contributed by atoms with Crippen molar-refractivity contribution in [3.8, 4) is 0 Å². The molecule has 1 aromatic rings. The molecule has 1 aromatic carbocycles. The van der Waals surface area contributed by atoms with Crippen molar-refractivity contribution < 1.29 is 0 Å². The van der Waals surface area contributed by atoms with E-state index in [2.05, 4.69) is 24.5 Å². The zero-order valence-corrected chi connectivity index (χ0v) is 11.2. The van der Waals surface area contributed by atoms with E-state index in [0.29, 0.717) is 10.9 Å². The molecule has 6 heteroatoms. The number of nitrogens with one attached hydrogen (secondary N) is 4. The molecule has 1 rings (SSSR count). The van der Waals surface area contributed by atoms with E-state index in [1.807, 2.05) is 12.1 Å². The molecule has 0 unspecified atom stereocenters. The molecule has 0 saturated carbocycles. The third kappa shape index (κ3) is 4.63. The Bertz CT molecular complexity index is 456. The number of rotatable bonds is 3. The minimum atomic E-state index is -0.271. The molecule has 98 valence electrons. The molecular weight excluding hydrogens is 250 g/mol. The van der Waals surface area contributed by atoms with Crippen LogP contribution in [0.25, 0.3) is 0 Å². The van der Waals surface area contributed by atoms with Gasteiger partial charge in [-0.15, -0.1) is 0 Å². The Hall–Kier alpha value is -1.75. The maximum Gasteiger partial charge on any atom is 0.199 e. The van der Waals surface area contributed by atoms with Crippen LogP contribution in [0.3, 0.4) is 0 Å². The van der Waals surface area contributed by atoms with Gasteiger partial charge < -0.3 is 11.1 Å². The summed E-state index contributed by atoms with van der Waals surface area (Å²) in [6.45, 7) is 4.23. The standard InChI is InChI=1S/C12H18ClN5/c1-7(2)5-8-6-9(13)3-4-10(8)17-12(16)18-11(14)15/h3-4,6-7H,5H2,1-2H3,(H6,14,15,16,17,18). The molecule has 0 aliphatic rings. The van der Waals surface area contributed by atoms with Gasteiger partial charge in [0.05, 0.1) is 0 Å². The van der Waals surface area contributed by atoms with Gasteiger partial charge in [-0.05, 0) is 36.1 Å². The number of hydrogen-bond donors (Lipinski definition) is 5. The molecule has 0 atom stereocenters. The van der Waals surface area contributed by atoms with E-state index in [-0.39, 0.29) is 11.9 Å². The number of benzene rings is 1. The van der Waals surface area contributed by atoms with Gasteiger partial charge in [-0.25, -0.2) is 0 Å². The SMILES string of the molecule is CC(C)Cc1cc(Cl)ccc1NC(=N)NC(=N)N. The Morgan fingerprint density at radius 2 is 2.06 bits per heavy atom. The second-order valence-corrected chi connectivity index (χ2v) is 4.87. The van der Waals surface area contributed by atoms with Crippen molar-refractivity contribution in [2.45, 2.75) is 20.3 Å². The summed E-state index contributed by atoms with van der Waals surface area (Å²) in [4.78, 5) is 0. The first kappa shape index (κ1) is 14.3. The second-order valence-electron chi connectivity index (χ2n) is 4.44. The van der Waals surface area contributed by atoms with Crippen LogP contribution < -0.4 is 16.4 Å². The van der Waals surface area contributed by atoms with Crippen molar-refractivity contribution in [2.24, 2.45) is 11.7 Å². The van der Waals surface area contributed by atoms with Crippen LogP contribution in [0, 0.1) is 16.7 Å². The maximum atomic E-state index is 7.61. The van der Waals surface area contributed by atoms with Gasteiger partial charge in [-0.3, -0.25) is 16.1 Å². The molecule has 0 bridgehead atoms. The highest BCUT2D eigenvalue weighted by molar-refractivity contribution is 6.30. The maximum absolute atomic E-state index is 7.61. The molecule has 6 N–H and O–H groups in total. The summed E-state index contributed by atoms with van der Waals surface area (Å²) < 4.78 is 0. The second kappa shape index (κ2) is 6.26. The number of hydrogen-bond acceptors (Lipinski definition) is 2. The van der Waals surface area contributed by atoms with Gasteiger partial charge in [-0.1, -0.05) is 25.4 Å². The largest absolute Gasteiger partial charge is 0.370 e. The van der Waals surface area contributed by atoms with E-state index in [0.717, 1.165) is 17.7 Å². The van der Waals surface area contributed by atoms with Crippen LogP contribution in [-0.4, -0.2) is 11.9 Å². The first-order chi connectivity index (χ1) is 8.38. The minimum absolute atomic E-state index is 0.0326. The van der Waals surface area contributed by atoms with Gasteiger partial charge in [-0.2, -0.15) is 0 Å². The summed E-state index contributed by atoms with van der Waals surface area (Å²) in [6.07, 6.45) is 0.857. The van der Waals surface area contributed by atoms with E-state index in [1.165, 1.54) is 0 Å². The number of halogens is 1. The smallest absolute Gasteiger partial charge is 0.199 e. The van der Waals surface area contributed by atoms with Crippen molar-refractivity contribution in [2.75, 3.05) is 5.32 Å². The first-order valence-corrected chi connectivity index (χ1v) is 6.01. The lowest BCUT2D eigenvalue weighted by molar-refractivity contribution is 0.648. The normalized spacial score (nSPS) is 10.2. The number of guanidine groups is 2. The van der Waals surface area contributed by atoms with Crippen LogP contribution in [0.5, 0.6) is 0 Å². The zero-order chi connectivity index (χ0) is 13.7. The summed E-state index contributed by atoms with van der Waals surface area (Å²) in [5, 5.41) is 20.6. The molecule has 0 aliphatic heterocycles. The molecule has 0 amide bonds. The van der Waals surface area contributed by atoms with Gasteiger partial charge >= 0.3 is 0 Å². The Balaban J connectivity index is 2.87. The third-order valence-electron chi connectivity index (χ3n) is 2.21. The molecule has 0 radical (unpaired) electrons. The molecule has 0 saturated heterocycles. The summed E-state index contributed by atoms with van der Waals surface area (Å²) in [7, 11) is 0. The van der Waals surface area contributed by atoms with Crippen LogP contribution in [-0.2, 0) is 6.42 Å². The predicted molar refractivity (Wildman–Crippen MR) is 76.4 cm³/mol. The fourth-order valence-corrected chi connectivity index (χ4v) is 1.79. The fourth-order valence-electron chi connectivity index (χ4n) is 1.59. The van der Waals surface area contributed by atoms with E-state index in [9.17, 15) is 0 Å². The molecule has 0 spiro atoms. The summed E-state index contributed by atoms with van der Waals surface area (Å²) >= 11 is 5.97. The van der Waals surface area contributed by atoms with Crippen molar-refractivity contribution >= 4 is 29.2 Å². The van der Waals surface area contributed by atoms with E-state index in [1.54, 1.807) is 6.07 Å². The zero-order valence-electron chi connectivity index (χ0n) is 10.5. The van der Waals surface area contributed by atoms with Crippen molar-refractivity contribution in [3.05, 3.63) is 28.8 Å². The molecular formula is C12H18ClN5. The highest BCUT2D eigenvalue weighted by atomic mass is 35.5. The minimum Gasteiger partial charge on any atom is -0.370 e. The quantitative estimate of drug-likeness (QED) is 0.429.